The van der Waals surface area contributed by atoms with Crippen LogP contribution in [0.5, 0.6) is 0 Å². The molecule has 0 saturated carbocycles. The third-order valence-electron chi connectivity index (χ3n) is 3.96. The molecule has 4 heteroatoms. The van der Waals surface area contributed by atoms with Gasteiger partial charge < -0.3 is 14.4 Å². The number of aromatic nitrogens is 2. The molecule has 1 fully saturated rings. The number of ether oxygens (including phenoxy) is 1. The summed E-state index contributed by atoms with van der Waals surface area (Å²) in [6.45, 7) is 2.51. The number of hydrogen-bond donors (Lipinski definition) is 1. The SMILES string of the molecule is OC1CCc2cnc(CC3CCOCC3)n2C1. The van der Waals surface area contributed by atoms with E-state index in [2.05, 4.69) is 9.55 Å². The molecule has 2 aliphatic heterocycles. The summed E-state index contributed by atoms with van der Waals surface area (Å²) in [5.74, 6) is 1.86. The van der Waals surface area contributed by atoms with Crippen molar-refractivity contribution < 1.29 is 9.84 Å². The first kappa shape index (κ1) is 11.2. The largest absolute Gasteiger partial charge is 0.391 e. The van der Waals surface area contributed by atoms with Gasteiger partial charge in [0, 0.05) is 31.5 Å². The van der Waals surface area contributed by atoms with E-state index in [0.717, 1.165) is 57.7 Å². The monoisotopic (exact) mass is 236 g/mol. The maximum Gasteiger partial charge on any atom is 0.109 e. The highest BCUT2D eigenvalue weighted by molar-refractivity contribution is 5.09. The van der Waals surface area contributed by atoms with E-state index in [0.29, 0.717) is 5.92 Å². The van der Waals surface area contributed by atoms with Crippen LogP contribution in [0.1, 0.15) is 30.8 Å². The van der Waals surface area contributed by atoms with Gasteiger partial charge in [0.15, 0.2) is 0 Å². The first-order chi connectivity index (χ1) is 8.33. The molecular formula is C13H20N2O2. The molecule has 1 atom stereocenters. The standard InChI is InChI=1S/C13H20N2O2/c16-12-2-1-11-8-14-13(15(11)9-12)7-10-3-5-17-6-4-10/h8,10,12,16H,1-7,9H2. The van der Waals surface area contributed by atoms with Gasteiger partial charge in [-0.15, -0.1) is 0 Å². The van der Waals surface area contributed by atoms with Gasteiger partial charge in [0.2, 0.25) is 0 Å². The molecular weight excluding hydrogens is 216 g/mol. The number of fused-ring (bicyclic) bond motifs is 1. The average molecular weight is 236 g/mol. The maximum atomic E-state index is 9.74. The number of aliphatic hydroxyl groups excluding tert-OH is 1. The number of rotatable bonds is 2. The maximum absolute atomic E-state index is 9.74. The zero-order chi connectivity index (χ0) is 11.7. The van der Waals surface area contributed by atoms with Crippen LogP contribution in [0.25, 0.3) is 0 Å². The predicted molar refractivity (Wildman–Crippen MR) is 63.8 cm³/mol. The molecule has 94 valence electrons. The fourth-order valence-electron chi connectivity index (χ4n) is 2.86. The molecule has 3 rings (SSSR count). The number of imidazole rings is 1. The van der Waals surface area contributed by atoms with E-state index in [1.807, 2.05) is 6.20 Å². The van der Waals surface area contributed by atoms with Crippen molar-refractivity contribution in [3.63, 3.8) is 0 Å². The molecule has 0 amide bonds. The Bertz CT molecular complexity index is 383. The Kier molecular flexibility index (Phi) is 3.16. The summed E-state index contributed by atoms with van der Waals surface area (Å²) in [4.78, 5) is 4.54. The van der Waals surface area contributed by atoms with Crippen molar-refractivity contribution in [2.45, 2.75) is 44.8 Å². The normalized spacial score (nSPS) is 25.8. The molecule has 4 nitrogen and oxygen atoms in total. The second-order valence-corrected chi connectivity index (χ2v) is 5.23. The molecule has 0 spiro atoms. The van der Waals surface area contributed by atoms with Crippen molar-refractivity contribution in [1.29, 1.82) is 0 Å². The van der Waals surface area contributed by atoms with E-state index in [4.69, 9.17) is 4.74 Å². The van der Waals surface area contributed by atoms with Crippen molar-refractivity contribution in [2.75, 3.05) is 13.2 Å². The van der Waals surface area contributed by atoms with E-state index in [1.165, 1.54) is 5.69 Å². The van der Waals surface area contributed by atoms with Crippen molar-refractivity contribution in [3.8, 4) is 0 Å². The smallest absolute Gasteiger partial charge is 0.109 e. The Morgan fingerprint density at radius 2 is 2.18 bits per heavy atom. The van der Waals surface area contributed by atoms with E-state index in [9.17, 15) is 5.11 Å². The van der Waals surface area contributed by atoms with Crippen LogP contribution in [0.3, 0.4) is 0 Å². The number of nitrogens with zero attached hydrogens (tertiary/aromatic N) is 2. The fourth-order valence-corrected chi connectivity index (χ4v) is 2.86. The summed E-state index contributed by atoms with van der Waals surface area (Å²) in [7, 11) is 0. The lowest BCUT2D eigenvalue weighted by Crippen LogP contribution is -2.26. The first-order valence-corrected chi connectivity index (χ1v) is 6.62. The molecule has 1 aromatic heterocycles. The molecule has 1 unspecified atom stereocenters. The van der Waals surface area contributed by atoms with Crippen molar-refractivity contribution >= 4 is 0 Å². The van der Waals surface area contributed by atoms with Crippen LogP contribution in [-0.4, -0.2) is 34.0 Å². The molecule has 17 heavy (non-hydrogen) atoms. The van der Waals surface area contributed by atoms with Gasteiger partial charge in [-0.05, 0) is 31.6 Å². The van der Waals surface area contributed by atoms with E-state index in [-0.39, 0.29) is 6.10 Å². The quantitative estimate of drug-likeness (QED) is 0.838. The van der Waals surface area contributed by atoms with Gasteiger partial charge in [-0.25, -0.2) is 4.98 Å². The predicted octanol–water partition coefficient (Wildman–Crippen LogP) is 1.16. The van der Waals surface area contributed by atoms with Crippen molar-refractivity contribution in [2.24, 2.45) is 5.92 Å². The van der Waals surface area contributed by atoms with Crippen LogP contribution in [0, 0.1) is 5.92 Å². The van der Waals surface area contributed by atoms with Gasteiger partial charge in [-0.3, -0.25) is 0 Å². The number of aryl methyl sites for hydroxylation is 1. The van der Waals surface area contributed by atoms with Crippen LogP contribution in [0.4, 0.5) is 0 Å². The number of aliphatic hydroxyl groups is 1. The van der Waals surface area contributed by atoms with Crippen molar-refractivity contribution in [1.82, 2.24) is 9.55 Å². The minimum absolute atomic E-state index is 0.190. The Hall–Kier alpha value is -0.870. The minimum Gasteiger partial charge on any atom is -0.391 e. The Labute approximate surface area is 102 Å². The van der Waals surface area contributed by atoms with Crippen LogP contribution in [0.15, 0.2) is 6.20 Å². The van der Waals surface area contributed by atoms with Gasteiger partial charge in [-0.2, -0.15) is 0 Å². The van der Waals surface area contributed by atoms with E-state index in [1.54, 1.807) is 0 Å². The zero-order valence-electron chi connectivity index (χ0n) is 10.1. The van der Waals surface area contributed by atoms with Gasteiger partial charge >= 0.3 is 0 Å². The van der Waals surface area contributed by atoms with Crippen LogP contribution >= 0.6 is 0 Å². The van der Waals surface area contributed by atoms with Crippen LogP contribution in [0.2, 0.25) is 0 Å². The van der Waals surface area contributed by atoms with Gasteiger partial charge in [0.1, 0.15) is 5.82 Å². The summed E-state index contributed by atoms with van der Waals surface area (Å²) in [6, 6.07) is 0. The molecule has 1 saturated heterocycles. The fraction of sp³-hybridized carbons (Fsp3) is 0.769. The Morgan fingerprint density at radius 1 is 1.35 bits per heavy atom. The summed E-state index contributed by atoms with van der Waals surface area (Å²) in [6.07, 6.45) is 6.96. The third kappa shape index (κ3) is 2.38. The van der Waals surface area contributed by atoms with Crippen LogP contribution in [-0.2, 0) is 24.1 Å². The summed E-state index contributed by atoms with van der Waals surface area (Å²) >= 11 is 0. The third-order valence-corrected chi connectivity index (χ3v) is 3.96. The molecule has 3 heterocycles. The molecule has 0 aromatic carbocycles. The topological polar surface area (TPSA) is 47.3 Å². The van der Waals surface area contributed by atoms with Gasteiger partial charge in [0.05, 0.1) is 12.6 Å². The lowest BCUT2D eigenvalue weighted by Gasteiger charge is -2.25. The molecule has 1 N–H and O–H groups in total. The highest BCUT2D eigenvalue weighted by atomic mass is 16.5. The Balaban J connectivity index is 1.72. The molecule has 0 bridgehead atoms. The van der Waals surface area contributed by atoms with E-state index >= 15 is 0 Å². The number of hydrogen-bond acceptors (Lipinski definition) is 3. The molecule has 0 radical (unpaired) electrons. The highest BCUT2D eigenvalue weighted by Crippen LogP contribution is 2.23. The zero-order valence-corrected chi connectivity index (χ0v) is 10.1. The highest BCUT2D eigenvalue weighted by Gasteiger charge is 2.22. The molecule has 1 aromatic rings. The Morgan fingerprint density at radius 3 is 3.00 bits per heavy atom. The summed E-state index contributed by atoms with van der Waals surface area (Å²) in [5, 5.41) is 9.74. The lowest BCUT2D eigenvalue weighted by molar-refractivity contribution is 0.0651. The second kappa shape index (κ2) is 4.78. The summed E-state index contributed by atoms with van der Waals surface area (Å²) in [5.41, 5.74) is 1.29. The molecule has 0 aliphatic carbocycles. The average Bonchev–Trinajstić information content (AvgIpc) is 2.73. The summed E-state index contributed by atoms with van der Waals surface area (Å²) < 4.78 is 7.61. The minimum atomic E-state index is -0.190. The van der Waals surface area contributed by atoms with Gasteiger partial charge in [-0.1, -0.05) is 0 Å². The van der Waals surface area contributed by atoms with Crippen molar-refractivity contribution in [3.05, 3.63) is 17.7 Å². The first-order valence-electron chi connectivity index (χ1n) is 6.62. The van der Waals surface area contributed by atoms with E-state index < -0.39 is 0 Å². The second-order valence-electron chi connectivity index (χ2n) is 5.23. The van der Waals surface area contributed by atoms with Crippen LogP contribution < -0.4 is 0 Å². The molecule has 2 aliphatic rings. The lowest BCUT2D eigenvalue weighted by atomic mass is 9.96. The van der Waals surface area contributed by atoms with Gasteiger partial charge in [0.25, 0.3) is 0 Å².